The van der Waals surface area contributed by atoms with Gasteiger partial charge in [0.05, 0.1) is 0 Å². The zero-order valence-electron chi connectivity index (χ0n) is 12.2. The maximum Gasteiger partial charge on any atom is -1.00 e. The summed E-state index contributed by atoms with van der Waals surface area (Å²) in [4.78, 5) is 0. The molecule has 0 saturated carbocycles. The summed E-state index contributed by atoms with van der Waals surface area (Å²) in [5.74, 6) is 0. The smallest absolute Gasteiger partial charge is 1.00 e. The molecule has 104 valence electrons. The molecule has 0 nitrogen and oxygen atoms in total. The van der Waals surface area contributed by atoms with Crippen LogP contribution in [0, 0.1) is 0 Å². The molecule has 0 spiro atoms. The topological polar surface area (TPSA) is 0 Å². The number of hydrogen-bond donors (Lipinski definition) is 0. The summed E-state index contributed by atoms with van der Waals surface area (Å²) in [6.07, 6.45) is 9.93. The van der Waals surface area contributed by atoms with Crippen molar-refractivity contribution in [3.63, 3.8) is 0 Å². The first-order valence-corrected chi connectivity index (χ1v) is 10.3. The predicted octanol–water partition coefficient (Wildman–Crippen LogP) is -0.895. The first-order valence-electron chi connectivity index (χ1n) is 6.72. The second-order valence-corrected chi connectivity index (χ2v) is 10.2. The molecule has 0 fully saturated rings. The van der Waals surface area contributed by atoms with Crippen LogP contribution in [-0.4, -0.2) is 0 Å². The van der Waals surface area contributed by atoms with Gasteiger partial charge >= 0.3 is 117 Å². The third-order valence-electron chi connectivity index (χ3n) is 3.91. The van der Waals surface area contributed by atoms with Gasteiger partial charge in [-0.05, 0) is 0 Å². The Bertz CT molecular complexity index is 411. The summed E-state index contributed by atoms with van der Waals surface area (Å²) >= 11 is -0.712. The molecular formula is C16H22Cl2Hf. The van der Waals surface area contributed by atoms with Gasteiger partial charge in [0.2, 0.25) is 0 Å². The summed E-state index contributed by atoms with van der Waals surface area (Å²) < 4.78 is 3.74. The van der Waals surface area contributed by atoms with Gasteiger partial charge in [-0.3, -0.25) is 0 Å². The van der Waals surface area contributed by atoms with Gasteiger partial charge in [0.15, 0.2) is 0 Å². The van der Waals surface area contributed by atoms with Gasteiger partial charge < -0.3 is 24.8 Å². The minimum absolute atomic E-state index is 0. The number of allylic oxidation sites excluding steroid dienone is 8. The van der Waals surface area contributed by atoms with Crippen LogP contribution in [0.3, 0.4) is 0 Å². The van der Waals surface area contributed by atoms with Crippen molar-refractivity contribution in [1.29, 1.82) is 0 Å². The summed E-state index contributed by atoms with van der Waals surface area (Å²) in [6.45, 7) is 9.22. The Morgan fingerprint density at radius 1 is 0.842 bits per heavy atom. The van der Waals surface area contributed by atoms with Crippen LogP contribution in [0.4, 0.5) is 0 Å². The fourth-order valence-corrected chi connectivity index (χ4v) is 9.45. The van der Waals surface area contributed by atoms with Crippen LogP contribution in [0.15, 0.2) is 41.1 Å². The maximum atomic E-state index is 2.45. The minimum atomic E-state index is -0.712. The monoisotopic (exact) mass is 464 g/mol. The normalized spacial score (nSPS) is 17.7. The molecule has 2 aliphatic carbocycles. The molecule has 0 aromatic rings. The third-order valence-corrected chi connectivity index (χ3v) is 9.72. The molecule has 3 heteroatoms. The zero-order chi connectivity index (χ0) is 12.4. The zero-order valence-corrected chi connectivity index (χ0v) is 17.3. The standard InChI is InChI=1S/2C8H11.2ClH.Hf/c2*1-3-8-6-4-5-7(8)2;;;/h2*5H,3-4H2,1-2H3;2*1H;/q;;;;+2/p-2. The molecule has 0 unspecified atom stereocenters. The Hall–Kier alpha value is 0.410. The molecular weight excluding hydrogens is 442 g/mol. The molecule has 0 atom stereocenters. The van der Waals surface area contributed by atoms with Gasteiger partial charge in [-0.15, -0.1) is 0 Å². The Morgan fingerprint density at radius 3 is 1.53 bits per heavy atom. The first-order chi connectivity index (χ1) is 8.17. The Labute approximate surface area is 141 Å². The van der Waals surface area contributed by atoms with Crippen LogP contribution in [0.25, 0.3) is 0 Å². The van der Waals surface area contributed by atoms with Gasteiger partial charge in [-0.1, -0.05) is 0 Å². The molecule has 0 aromatic carbocycles. The van der Waals surface area contributed by atoms with Gasteiger partial charge in [0.1, 0.15) is 0 Å². The SMILES string of the molecule is CCC1=[C]([Hf+2][C]2=C(CC)C(C)=CC2)CC=C1C.[Cl-].[Cl-]. The van der Waals surface area contributed by atoms with E-state index in [1.165, 1.54) is 25.7 Å². The van der Waals surface area contributed by atoms with Crippen LogP contribution in [0.1, 0.15) is 53.4 Å². The molecule has 0 aromatic heterocycles. The van der Waals surface area contributed by atoms with Crippen molar-refractivity contribution < 1.29 is 47.7 Å². The second-order valence-electron chi connectivity index (χ2n) is 4.93. The van der Waals surface area contributed by atoms with E-state index in [0.29, 0.717) is 0 Å². The van der Waals surface area contributed by atoms with Crippen molar-refractivity contribution in [3.05, 3.63) is 41.1 Å². The van der Waals surface area contributed by atoms with Crippen molar-refractivity contribution in [3.8, 4) is 0 Å². The average Bonchev–Trinajstić information content (AvgIpc) is 2.83. The molecule has 0 saturated heterocycles. The van der Waals surface area contributed by atoms with Crippen LogP contribution in [0.5, 0.6) is 0 Å². The average molecular weight is 464 g/mol. The number of rotatable bonds is 4. The Kier molecular flexibility index (Phi) is 8.83. The van der Waals surface area contributed by atoms with E-state index in [-0.39, 0.29) is 24.8 Å². The minimum Gasteiger partial charge on any atom is -1.00 e. The second kappa shape index (κ2) is 8.64. The molecule has 0 aliphatic heterocycles. The summed E-state index contributed by atoms with van der Waals surface area (Å²) in [6, 6.07) is 0. The van der Waals surface area contributed by atoms with E-state index in [1.807, 2.05) is 6.66 Å². The molecule has 2 aliphatic rings. The molecule has 0 radical (unpaired) electrons. The molecule has 0 bridgehead atoms. The quantitative estimate of drug-likeness (QED) is 0.475. The summed E-state index contributed by atoms with van der Waals surface area (Å²) in [5, 5.41) is 0. The van der Waals surface area contributed by atoms with Gasteiger partial charge in [-0.25, -0.2) is 0 Å². The number of hydrogen-bond acceptors (Lipinski definition) is 0. The molecule has 0 N–H and O–H groups in total. The molecule has 0 amide bonds. The van der Waals surface area contributed by atoms with E-state index in [4.69, 9.17) is 0 Å². The third kappa shape index (κ3) is 4.19. The van der Waals surface area contributed by atoms with Crippen molar-refractivity contribution >= 4 is 0 Å². The molecule has 19 heavy (non-hydrogen) atoms. The van der Waals surface area contributed by atoms with Crippen molar-refractivity contribution in [1.82, 2.24) is 0 Å². The fraction of sp³-hybridized carbons (Fsp3) is 0.500. The Morgan fingerprint density at radius 2 is 1.21 bits per heavy atom. The van der Waals surface area contributed by atoms with E-state index in [2.05, 4.69) is 39.8 Å². The summed E-state index contributed by atoms with van der Waals surface area (Å²) in [5.41, 5.74) is 6.55. The van der Waals surface area contributed by atoms with Gasteiger partial charge in [0.25, 0.3) is 0 Å². The van der Waals surface area contributed by atoms with Gasteiger partial charge in [0, 0.05) is 0 Å². The van der Waals surface area contributed by atoms with E-state index in [9.17, 15) is 0 Å². The van der Waals surface area contributed by atoms with E-state index in [1.54, 1.807) is 22.3 Å². The maximum absolute atomic E-state index is 2.45. The molecule has 2 rings (SSSR count). The van der Waals surface area contributed by atoms with Crippen LogP contribution >= 0.6 is 0 Å². The van der Waals surface area contributed by atoms with E-state index in [0.717, 1.165) is 0 Å². The van der Waals surface area contributed by atoms with Gasteiger partial charge in [-0.2, -0.15) is 0 Å². The first kappa shape index (κ1) is 19.4. The van der Waals surface area contributed by atoms with Crippen molar-refractivity contribution in [2.24, 2.45) is 0 Å². The van der Waals surface area contributed by atoms with Crippen LogP contribution in [-0.2, 0) is 22.9 Å². The fourth-order valence-electron chi connectivity index (χ4n) is 2.90. The largest absolute Gasteiger partial charge is 1.00 e. The van der Waals surface area contributed by atoms with Crippen LogP contribution in [0.2, 0.25) is 0 Å². The van der Waals surface area contributed by atoms with E-state index < -0.39 is 22.9 Å². The Balaban J connectivity index is 0.00000162. The van der Waals surface area contributed by atoms with Crippen LogP contribution < -0.4 is 24.8 Å². The predicted molar refractivity (Wildman–Crippen MR) is 71.4 cm³/mol. The van der Waals surface area contributed by atoms with E-state index >= 15 is 0 Å². The van der Waals surface area contributed by atoms with Crippen molar-refractivity contribution in [2.75, 3.05) is 0 Å². The van der Waals surface area contributed by atoms with Crippen molar-refractivity contribution in [2.45, 2.75) is 53.4 Å². The number of halogens is 2. The summed E-state index contributed by atoms with van der Waals surface area (Å²) in [7, 11) is 0. The molecule has 0 heterocycles.